The Balaban J connectivity index is 1.73. The predicted octanol–water partition coefficient (Wildman–Crippen LogP) is 2.71. The molecule has 1 aliphatic carbocycles. The zero-order valence-corrected chi connectivity index (χ0v) is 15.2. The molecule has 1 aliphatic heterocycles. The number of urea groups is 1. The standard InChI is InChI=1S/C17H26N4O3S/c22-17(21-11-5-2-6-12-21)20-25(23,24)16-13-18-10-9-15(16)19-14-7-3-1-4-8-14/h9-10,13-14H,1-8,11-12H2,(H,18,19)(H,20,22). The lowest BCUT2D eigenvalue weighted by molar-refractivity contribution is 0.192. The Morgan fingerprint density at radius 3 is 2.48 bits per heavy atom. The van der Waals surface area contributed by atoms with Crippen molar-refractivity contribution in [2.45, 2.75) is 62.3 Å². The second-order valence-corrected chi connectivity index (χ2v) is 8.46. The highest BCUT2D eigenvalue weighted by Crippen LogP contribution is 2.25. The molecule has 1 aromatic rings. The van der Waals surface area contributed by atoms with Crippen LogP contribution in [0.2, 0.25) is 0 Å². The van der Waals surface area contributed by atoms with Crippen LogP contribution >= 0.6 is 0 Å². The number of hydrogen-bond donors (Lipinski definition) is 2. The van der Waals surface area contributed by atoms with Crippen LogP contribution in [0.4, 0.5) is 10.5 Å². The van der Waals surface area contributed by atoms with Crippen molar-refractivity contribution >= 4 is 21.7 Å². The van der Waals surface area contributed by atoms with Gasteiger partial charge >= 0.3 is 6.03 Å². The number of anilines is 1. The molecule has 0 bridgehead atoms. The van der Waals surface area contributed by atoms with Crippen molar-refractivity contribution < 1.29 is 13.2 Å². The fraction of sp³-hybridized carbons (Fsp3) is 0.647. The van der Waals surface area contributed by atoms with Crippen molar-refractivity contribution in [2.75, 3.05) is 18.4 Å². The molecule has 0 atom stereocenters. The normalized spacial score (nSPS) is 19.4. The van der Waals surface area contributed by atoms with Gasteiger partial charge in [0.1, 0.15) is 4.90 Å². The van der Waals surface area contributed by atoms with E-state index in [4.69, 9.17) is 0 Å². The summed E-state index contributed by atoms with van der Waals surface area (Å²) in [6.07, 6.45) is 11.4. The van der Waals surface area contributed by atoms with Crippen LogP contribution in [0.5, 0.6) is 0 Å². The van der Waals surface area contributed by atoms with Gasteiger partial charge in [-0.05, 0) is 38.2 Å². The van der Waals surface area contributed by atoms with Gasteiger partial charge in [0.15, 0.2) is 0 Å². The van der Waals surface area contributed by atoms with Gasteiger partial charge in [0.2, 0.25) is 0 Å². The van der Waals surface area contributed by atoms with Gasteiger partial charge in [-0.15, -0.1) is 0 Å². The van der Waals surface area contributed by atoms with E-state index in [0.29, 0.717) is 18.8 Å². The van der Waals surface area contributed by atoms with Gasteiger partial charge in [-0.1, -0.05) is 19.3 Å². The minimum Gasteiger partial charge on any atom is -0.381 e. The highest BCUT2D eigenvalue weighted by molar-refractivity contribution is 7.90. The van der Waals surface area contributed by atoms with Crippen LogP contribution in [0.15, 0.2) is 23.4 Å². The second-order valence-electron chi connectivity index (χ2n) is 6.81. The van der Waals surface area contributed by atoms with Crippen LogP contribution in [0.3, 0.4) is 0 Å². The summed E-state index contributed by atoms with van der Waals surface area (Å²) in [5, 5.41) is 3.32. The fourth-order valence-electron chi connectivity index (χ4n) is 3.51. The van der Waals surface area contributed by atoms with E-state index in [9.17, 15) is 13.2 Å². The van der Waals surface area contributed by atoms with E-state index < -0.39 is 16.1 Å². The van der Waals surface area contributed by atoms with E-state index in [1.807, 2.05) is 0 Å². The number of rotatable bonds is 4. The number of pyridine rings is 1. The predicted molar refractivity (Wildman–Crippen MR) is 95.9 cm³/mol. The Morgan fingerprint density at radius 2 is 1.76 bits per heavy atom. The van der Waals surface area contributed by atoms with Gasteiger partial charge in [-0.3, -0.25) is 4.98 Å². The lowest BCUT2D eigenvalue weighted by atomic mass is 9.95. The number of likely N-dealkylation sites (tertiary alicyclic amines) is 1. The average Bonchev–Trinajstić information content (AvgIpc) is 2.63. The Bertz CT molecular complexity index is 696. The van der Waals surface area contributed by atoms with E-state index in [1.165, 1.54) is 12.6 Å². The summed E-state index contributed by atoms with van der Waals surface area (Å²) in [4.78, 5) is 17.8. The van der Waals surface area contributed by atoms with Crippen LogP contribution in [0.1, 0.15) is 51.4 Å². The highest BCUT2D eigenvalue weighted by atomic mass is 32.2. The molecule has 0 aromatic carbocycles. The quantitative estimate of drug-likeness (QED) is 0.855. The van der Waals surface area contributed by atoms with Crippen molar-refractivity contribution in [3.63, 3.8) is 0 Å². The Hall–Kier alpha value is -1.83. The summed E-state index contributed by atoms with van der Waals surface area (Å²) in [7, 11) is -3.96. The largest absolute Gasteiger partial charge is 0.381 e. The molecule has 2 N–H and O–H groups in total. The third kappa shape index (κ3) is 4.62. The number of carbonyl (C=O) groups is 1. The first-order chi connectivity index (χ1) is 12.1. The van der Waals surface area contributed by atoms with Gasteiger partial charge in [0.05, 0.1) is 5.69 Å². The maximum atomic E-state index is 12.7. The molecule has 7 nitrogen and oxygen atoms in total. The van der Waals surface area contributed by atoms with Crippen LogP contribution < -0.4 is 10.0 Å². The molecule has 138 valence electrons. The number of carbonyl (C=O) groups excluding carboxylic acids is 1. The lowest BCUT2D eigenvalue weighted by Gasteiger charge is -2.27. The molecule has 1 saturated heterocycles. The Morgan fingerprint density at radius 1 is 1.08 bits per heavy atom. The molecule has 0 spiro atoms. The van der Waals surface area contributed by atoms with Gasteiger partial charge in [0.25, 0.3) is 10.0 Å². The van der Waals surface area contributed by atoms with E-state index in [2.05, 4.69) is 15.0 Å². The van der Waals surface area contributed by atoms with Crippen molar-refractivity contribution in [2.24, 2.45) is 0 Å². The average molecular weight is 366 g/mol. The lowest BCUT2D eigenvalue weighted by Crippen LogP contribution is -2.45. The molecule has 3 rings (SSSR count). The number of amides is 2. The SMILES string of the molecule is O=C(NS(=O)(=O)c1cnccc1NC1CCCCC1)N1CCCCC1. The first-order valence-electron chi connectivity index (χ1n) is 9.08. The summed E-state index contributed by atoms with van der Waals surface area (Å²) in [6.45, 7) is 1.20. The molecular formula is C17H26N4O3S. The molecule has 0 unspecified atom stereocenters. The minimum absolute atomic E-state index is 0.0333. The summed E-state index contributed by atoms with van der Waals surface area (Å²) in [5.74, 6) is 0. The first-order valence-corrected chi connectivity index (χ1v) is 10.6. The highest BCUT2D eigenvalue weighted by Gasteiger charge is 2.26. The molecule has 2 heterocycles. The monoisotopic (exact) mass is 366 g/mol. The summed E-state index contributed by atoms with van der Waals surface area (Å²) < 4.78 is 27.6. The number of nitrogens with one attached hydrogen (secondary N) is 2. The molecular weight excluding hydrogens is 340 g/mol. The van der Waals surface area contributed by atoms with E-state index in [0.717, 1.165) is 44.9 Å². The van der Waals surface area contributed by atoms with Gasteiger partial charge in [0, 0.05) is 31.5 Å². The Labute approximate surface area is 149 Å². The van der Waals surface area contributed by atoms with Crippen molar-refractivity contribution in [1.29, 1.82) is 0 Å². The van der Waals surface area contributed by atoms with E-state index in [-0.39, 0.29) is 10.9 Å². The van der Waals surface area contributed by atoms with Gasteiger partial charge in [-0.2, -0.15) is 0 Å². The third-order valence-corrected chi connectivity index (χ3v) is 6.25. The van der Waals surface area contributed by atoms with Crippen LogP contribution in [0, 0.1) is 0 Å². The molecule has 8 heteroatoms. The zero-order valence-electron chi connectivity index (χ0n) is 14.4. The van der Waals surface area contributed by atoms with Crippen molar-refractivity contribution in [3.05, 3.63) is 18.5 Å². The molecule has 2 amide bonds. The van der Waals surface area contributed by atoms with E-state index in [1.54, 1.807) is 17.2 Å². The maximum Gasteiger partial charge on any atom is 0.331 e. The van der Waals surface area contributed by atoms with Crippen LogP contribution in [0.25, 0.3) is 0 Å². The zero-order chi connectivity index (χ0) is 17.7. The third-order valence-electron chi connectivity index (χ3n) is 4.90. The number of sulfonamides is 1. The Kier molecular flexibility index (Phi) is 5.78. The van der Waals surface area contributed by atoms with Crippen LogP contribution in [-0.2, 0) is 10.0 Å². The van der Waals surface area contributed by atoms with Gasteiger partial charge < -0.3 is 10.2 Å². The summed E-state index contributed by atoms with van der Waals surface area (Å²) >= 11 is 0. The smallest absolute Gasteiger partial charge is 0.331 e. The maximum absolute atomic E-state index is 12.7. The molecule has 25 heavy (non-hydrogen) atoms. The summed E-state index contributed by atoms with van der Waals surface area (Å²) in [5.41, 5.74) is 0.515. The molecule has 0 radical (unpaired) electrons. The number of hydrogen-bond acceptors (Lipinski definition) is 5. The molecule has 2 aliphatic rings. The number of piperidine rings is 1. The van der Waals surface area contributed by atoms with E-state index >= 15 is 0 Å². The first kappa shape index (κ1) is 18.0. The van der Waals surface area contributed by atoms with Crippen molar-refractivity contribution in [1.82, 2.24) is 14.6 Å². The number of nitrogens with zero attached hydrogens (tertiary/aromatic N) is 2. The van der Waals surface area contributed by atoms with Crippen LogP contribution in [-0.4, -0.2) is 43.5 Å². The van der Waals surface area contributed by atoms with Crippen molar-refractivity contribution in [3.8, 4) is 0 Å². The molecule has 2 fully saturated rings. The molecule has 1 aromatic heterocycles. The fourth-order valence-corrected chi connectivity index (χ4v) is 4.60. The topological polar surface area (TPSA) is 91.4 Å². The van der Waals surface area contributed by atoms with Gasteiger partial charge in [-0.25, -0.2) is 17.9 Å². The minimum atomic E-state index is -3.96. The number of aromatic nitrogens is 1. The summed E-state index contributed by atoms with van der Waals surface area (Å²) in [6, 6.07) is 1.38. The second kappa shape index (κ2) is 8.03. The molecule has 1 saturated carbocycles.